The molecule has 0 radical (unpaired) electrons. The van der Waals surface area contributed by atoms with Gasteiger partial charge in [-0.2, -0.15) is 0 Å². The van der Waals surface area contributed by atoms with Crippen molar-refractivity contribution in [1.82, 2.24) is 0 Å². The molecule has 8 nitrogen and oxygen atoms in total. The standard InChI is InChI=1S/C27H22F3N3O5S/c1-36-19-12-13-22(37-2)17(14-19)15-21-25(35)33(18-8-4-3-5-9-18)26(32-21)39-16-24(34)31-20-10-6-7-11-23(20)38-27(28,29)30/h3-15H,16H2,1-2H3,(H,31,34)/b21-15-. The molecule has 0 atom stereocenters. The molecule has 3 aromatic rings. The van der Waals surface area contributed by atoms with E-state index in [1.54, 1.807) is 54.6 Å². The molecule has 0 bridgehead atoms. The summed E-state index contributed by atoms with van der Waals surface area (Å²) in [6, 6.07) is 19.0. The highest BCUT2D eigenvalue weighted by molar-refractivity contribution is 8.14. The largest absolute Gasteiger partial charge is 0.573 e. The van der Waals surface area contributed by atoms with E-state index in [2.05, 4.69) is 15.0 Å². The number of nitrogens with zero attached hydrogens (tertiary/aromatic N) is 2. The molecule has 0 unspecified atom stereocenters. The summed E-state index contributed by atoms with van der Waals surface area (Å²) in [5, 5.41) is 2.63. The van der Waals surface area contributed by atoms with Gasteiger partial charge in [0.25, 0.3) is 5.91 Å². The number of para-hydroxylation sites is 3. The molecule has 1 heterocycles. The maximum absolute atomic E-state index is 13.4. The van der Waals surface area contributed by atoms with E-state index in [1.165, 1.54) is 37.3 Å². The number of aliphatic imine (C=N–C) groups is 1. The van der Waals surface area contributed by atoms with Crippen LogP contribution in [-0.4, -0.2) is 43.3 Å². The van der Waals surface area contributed by atoms with Crippen LogP contribution >= 0.6 is 11.8 Å². The summed E-state index contributed by atoms with van der Waals surface area (Å²) in [6.45, 7) is 0. The Morgan fingerprint density at radius 1 is 1.00 bits per heavy atom. The molecule has 2 amide bonds. The minimum absolute atomic E-state index is 0.0947. The molecule has 1 aliphatic rings. The van der Waals surface area contributed by atoms with Crippen molar-refractivity contribution >= 4 is 46.2 Å². The fourth-order valence-electron chi connectivity index (χ4n) is 3.60. The van der Waals surface area contributed by atoms with E-state index in [1.807, 2.05) is 0 Å². The maximum atomic E-state index is 13.4. The van der Waals surface area contributed by atoms with Gasteiger partial charge in [-0.3, -0.25) is 14.5 Å². The highest BCUT2D eigenvalue weighted by Gasteiger charge is 2.34. The van der Waals surface area contributed by atoms with Crippen molar-refractivity contribution in [2.45, 2.75) is 6.36 Å². The summed E-state index contributed by atoms with van der Waals surface area (Å²) in [5.74, 6) is -0.784. The lowest BCUT2D eigenvalue weighted by molar-refractivity contribution is -0.274. The van der Waals surface area contributed by atoms with Gasteiger partial charge in [-0.05, 0) is 48.5 Å². The van der Waals surface area contributed by atoms with E-state index < -0.39 is 23.9 Å². The Hall–Kier alpha value is -4.45. The second-order valence-corrected chi connectivity index (χ2v) is 8.83. The highest BCUT2D eigenvalue weighted by atomic mass is 32.2. The van der Waals surface area contributed by atoms with Crippen LogP contribution in [0.4, 0.5) is 24.5 Å². The monoisotopic (exact) mass is 557 g/mol. The van der Waals surface area contributed by atoms with Gasteiger partial charge >= 0.3 is 6.36 Å². The topological polar surface area (TPSA) is 89.5 Å². The number of amides is 2. The first-order valence-corrected chi connectivity index (χ1v) is 12.4. The Morgan fingerprint density at radius 3 is 2.41 bits per heavy atom. The van der Waals surface area contributed by atoms with E-state index >= 15 is 0 Å². The average molecular weight is 558 g/mol. The van der Waals surface area contributed by atoms with Gasteiger partial charge in [0.05, 0.1) is 31.3 Å². The normalized spacial score (nSPS) is 14.3. The summed E-state index contributed by atoms with van der Waals surface area (Å²) in [5.41, 5.74) is 1.04. The second kappa shape index (κ2) is 11.9. The Morgan fingerprint density at radius 2 is 1.72 bits per heavy atom. The lowest BCUT2D eigenvalue weighted by Gasteiger charge is -2.18. The van der Waals surface area contributed by atoms with Crippen LogP contribution in [0.15, 0.2) is 83.5 Å². The number of rotatable bonds is 8. The summed E-state index contributed by atoms with van der Waals surface area (Å²) in [6.07, 6.45) is -3.36. The van der Waals surface area contributed by atoms with Gasteiger partial charge in [0, 0.05) is 5.56 Å². The van der Waals surface area contributed by atoms with Crippen molar-refractivity contribution in [3.63, 3.8) is 0 Å². The SMILES string of the molecule is COc1ccc(OC)c(/C=C2\N=C(SCC(=O)Nc3ccccc3OC(F)(F)F)N(c3ccccc3)C2=O)c1. The van der Waals surface area contributed by atoms with Crippen molar-refractivity contribution in [3.8, 4) is 17.2 Å². The zero-order valence-corrected chi connectivity index (χ0v) is 21.5. The minimum atomic E-state index is -4.92. The van der Waals surface area contributed by atoms with Gasteiger partial charge in [0.15, 0.2) is 10.9 Å². The first kappa shape index (κ1) is 27.6. The van der Waals surface area contributed by atoms with Crippen molar-refractivity contribution in [2.24, 2.45) is 4.99 Å². The van der Waals surface area contributed by atoms with Gasteiger partial charge in [-0.15, -0.1) is 13.2 Å². The molecular weight excluding hydrogens is 535 g/mol. The molecular formula is C27H22F3N3O5S. The van der Waals surface area contributed by atoms with E-state index in [4.69, 9.17) is 9.47 Å². The van der Waals surface area contributed by atoms with Gasteiger partial charge < -0.3 is 19.5 Å². The lowest BCUT2D eigenvalue weighted by Crippen LogP contribution is -2.31. The predicted octanol–water partition coefficient (Wildman–Crippen LogP) is 5.72. The molecule has 0 aromatic heterocycles. The highest BCUT2D eigenvalue weighted by Crippen LogP contribution is 2.33. The number of benzene rings is 3. The van der Waals surface area contributed by atoms with Crippen LogP contribution in [-0.2, 0) is 9.59 Å². The summed E-state index contributed by atoms with van der Waals surface area (Å²) < 4.78 is 52.8. The number of carbonyl (C=O) groups excluding carboxylic acids is 2. The van der Waals surface area contributed by atoms with Crippen molar-refractivity contribution in [2.75, 3.05) is 30.2 Å². The number of carbonyl (C=O) groups is 2. The summed E-state index contributed by atoms with van der Waals surface area (Å²) in [7, 11) is 3.01. The van der Waals surface area contributed by atoms with E-state index in [9.17, 15) is 22.8 Å². The Labute approximate surface area is 226 Å². The number of amidine groups is 1. The van der Waals surface area contributed by atoms with Gasteiger partial charge in [0.2, 0.25) is 5.91 Å². The zero-order chi connectivity index (χ0) is 28.0. The fraction of sp³-hybridized carbons (Fsp3) is 0.148. The second-order valence-electron chi connectivity index (χ2n) is 7.89. The molecule has 0 saturated carbocycles. The fourth-order valence-corrected chi connectivity index (χ4v) is 4.41. The smallest absolute Gasteiger partial charge is 0.497 e. The zero-order valence-electron chi connectivity index (χ0n) is 20.7. The van der Waals surface area contributed by atoms with Crippen LogP contribution in [0.25, 0.3) is 6.08 Å². The molecule has 0 spiro atoms. The third-order valence-corrected chi connectivity index (χ3v) is 6.23. The van der Waals surface area contributed by atoms with Crippen LogP contribution in [0.3, 0.4) is 0 Å². The first-order valence-electron chi connectivity index (χ1n) is 11.4. The Bertz CT molecular complexity index is 1430. The number of hydrogen-bond donors (Lipinski definition) is 1. The number of anilines is 2. The third kappa shape index (κ3) is 6.90. The number of hydrogen-bond acceptors (Lipinski definition) is 7. The Kier molecular flexibility index (Phi) is 8.45. The maximum Gasteiger partial charge on any atom is 0.573 e. The van der Waals surface area contributed by atoms with E-state index in [0.717, 1.165) is 17.8 Å². The number of methoxy groups -OCH3 is 2. The third-order valence-electron chi connectivity index (χ3n) is 5.29. The molecule has 3 aromatic carbocycles. The molecule has 12 heteroatoms. The van der Waals surface area contributed by atoms with Crippen molar-refractivity contribution < 1.29 is 37.0 Å². The van der Waals surface area contributed by atoms with Crippen LogP contribution in [0.2, 0.25) is 0 Å². The van der Waals surface area contributed by atoms with Gasteiger partial charge in [-0.1, -0.05) is 42.1 Å². The van der Waals surface area contributed by atoms with Crippen LogP contribution < -0.4 is 24.4 Å². The van der Waals surface area contributed by atoms with Crippen LogP contribution in [0.1, 0.15) is 5.56 Å². The molecule has 1 aliphatic heterocycles. The summed E-state index contributed by atoms with van der Waals surface area (Å²) >= 11 is 0.952. The quantitative estimate of drug-likeness (QED) is 0.357. The average Bonchev–Trinajstić information content (AvgIpc) is 3.22. The molecule has 39 heavy (non-hydrogen) atoms. The summed E-state index contributed by atoms with van der Waals surface area (Å²) in [4.78, 5) is 31.9. The number of halogens is 3. The van der Waals surface area contributed by atoms with Crippen LogP contribution in [0.5, 0.6) is 17.2 Å². The minimum Gasteiger partial charge on any atom is -0.497 e. The molecule has 1 N–H and O–H groups in total. The molecule has 0 fully saturated rings. The number of nitrogens with one attached hydrogen (secondary N) is 1. The van der Waals surface area contributed by atoms with E-state index in [0.29, 0.717) is 22.7 Å². The van der Waals surface area contributed by atoms with E-state index in [-0.39, 0.29) is 22.3 Å². The van der Waals surface area contributed by atoms with Gasteiger partial charge in [0.1, 0.15) is 17.2 Å². The number of ether oxygens (including phenoxy) is 3. The Balaban J connectivity index is 1.59. The van der Waals surface area contributed by atoms with Crippen molar-refractivity contribution in [1.29, 1.82) is 0 Å². The predicted molar refractivity (Wildman–Crippen MR) is 143 cm³/mol. The first-order chi connectivity index (χ1) is 18.7. The molecule has 4 rings (SSSR count). The number of alkyl halides is 3. The van der Waals surface area contributed by atoms with Crippen molar-refractivity contribution in [3.05, 3.63) is 84.1 Å². The molecule has 0 aliphatic carbocycles. The van der Waals surface area contributed by atoms with Crippen LogP contribution in [0, 0.1) is 0 Å². The van der Waals surface area contributed by atoms with Gasteiger partial charge in [-0.25, -0.2) is 4.99 Å². The molecule has 0 saturated heterocycles. The number of thioether (sulfide) groups is 1. The molecule has 202 valence electrons. The lowest BCUT2D eigenvalue weighted by atomic mass is 10.1.